The Kier molecular flexibility index (Phi) is 6.31. The minimum absolute atomic E-state index is 0.0113. The van der Waals surface area contributed by atoms with Gasteiger partial charge in [-0.1, -0.05) is 40.9 Å². The summed E-state index contributed by atoms with van der Waals surface area (Å²) in [7, 11) is -4.08. The number of halogens is 5. The van der Waals surface area contributed by atoms with Crippen molar-refractivity contribution in [3.8, 4) is 0 Å². The predicted octanol–water partition coefficient (Wildman–Crippen LogP) is 6.11. The molecule has 0 aliphatic rings. The predicted molar refractivity (Wildman–Crippen MR) is 110 cm³/mol. The van der Waals surface area contributed by atoms with Crippen LogP contribution in [0.2, 0.25) is 10.0 Å². The molecule has 1 heterocycles. The summed E-state index contributed by atoms with van der Waals surface area (Å²) in [4.78, 5) is 3.74. The highest BCUT2D eigenvalue weighted by atomic mass is 35.5. The minimum atomic E-state index is -4.61. The molecule has 0 spiro atoms. The van der Waals surface area contributed by atoms with Crippen molar-refractivity contribution in [1.82, 2.24) is 4.98 Å². The average Bonchev–Trinajstić information content (AvgIpc) is 2.67. The second-order valence-corrected chi connectivity index (χ2v) is 9.16. The number of aryl methyl sites for hydroxylation is 1. The number of pyridine rings is 1. The van der Waals surface area contributed by atoms with E-state index >= 15 is 0 Å². The first-order valence-corrected chi connectivity index (χ1v) is 10.7. The van der Waals surface area contributed by atoms with Crippen LogP contribution in [0.4, 0.5) is 18.9 Å². The van der Waals surface area contributed by atoms with Gasteiger partial charge in [0, 0.05) is 11.2 Å². The van der Waals surface area contributed by atoms with E-state index in [1.165, 1.54) is 24.3 Å². The lowest BCUT2D eigenvalue weighted by atomic mass is 10.2. The fourth-order valence-electron chi connectivity index (χ4n) is 2.63. The van der Waals surface area contributed by atoms with Crippen LogP contribution < -0.4 is 4.31 Å². The van der Waals surface area contributed by atoms with E-state index in [1.54, 1.807) is 24.3 Å². The van der Waals surface area contributed by atoms with Crippen LogP contribution in [0.1, 0.15) is 16.8 Å². The smallest absolute Gasteiger partial charge is 0.260 e. The van der Waals surface area contributed by atoms with E-state index < -0.39 is 21.8 Å². The van der Waals surface area contributed by atoms with Crippen molar-refractivity contribution in [2.75, 3.05) is 4.31 Å². The molecule has 10 heteroatoms. The van der Waals surface area contributed by atoms with Gasteiger partial charge >= 0.3 is 6.18 Å². The van der Waals surface area contributed by atoms with Gasteiger partial charge in [0.05, 0.1) is 33.4 Å². The average molecular weight is 475 g/mol. The second-order valence-electron chi connectivity index (χ2n) is 6.45. The third kappa shape index (κ3) is 4.88. The Morgan fingerprint density at radius 2 is 1.60 bits per heavy atom. The molecule has 0 radical (unpaired) electrons. The van der Waals surface area contributed by atoms with Crippen molar-refractivity contribution in [2.45, 2.75) is 24.5 Å². The molecular formula is C20H15Cl2F3N2O2S. The van der Waals surface area contributed by atoms with Crippen LogP contribution in [0, 0.1) is 6.92 Å². The van der Waals surface area contributed by atoms with Gasteiger partial charge in [-0.15, -0.1) is 0 Å². The largest absolute Gasteiger partial charge is 0.417 e. The molecule has 158 valence electrons. The maximum absolute atomic E-state index is 13.3. The van der Waals surface area contributed by atoms with E-state index in [2.05, 4.69) is 4.98 Å². The van der Waals surface area contributed by atoms with Gasteiger partial charge in [-0.05, 0) is 49.4 Å². The summed E-state index contributed by atoms with van der Waals surface area (Å²) in [6.07, 6.45) is -3.98. The van der Waals surface area contributed by atoms with E-state index in [9.17, 15) is 21.6 Å². The highest BCUT2D eigenvalue weighted by molar-refractivity contribution is 7.92. The molecule has 0 atom stereocenters. The van der Waals surface area contributed by atoms with E-state index in [4.69, 9.17) is 23.2 Å². The first-order valence-electron chi connectivity index (χ1n) is 8.55. The molecule has 0 saturated carbocycles. The fraction of sp³-hybridized carbons (Fsp3) is 0.150. The summed E-state index contributed by atoms with van der Waals surface area (Å²) in [5.41, 5.74) is 0.197. The Bertz CT molecular complexity index is 1150. The highest BCUT2D eigenvalue weighted by Gasteiger charge is 2.32. The Morgan fingerprint density at radius 1 is 1.00 bits per heavy atom. The molecule has 0 aliphatic heterocycles. The summed E-state index contributed by atoms with van der Waals surface area (Å²) in [6.45, 7) is 1.49. The van der Waals surface area contributed by atoms with Crippen LogP contribution in [0.3, 0.4) is 0 Å². The minimum Gasteiger partial charge on any atom is -0.260 e. The van der Waals surface area contributed by atoms with Crippen LogP contribution >= 0.6 is 23.2 Å². The van der Waals surface area contributed by atoms with Gasteiger partial charge in [0.15, 0.2) is 0 Å². The van der Waals surface area contributed by atoms with E-state index in [-0.39, 0.29) is 22.2 Å². The number of benzene rings is 2. The molecule has 30 heavy (non-hydrogen) atoms. The van der Waals surface area contributed by atoms with Crippen molar-refractivity contribution in [2.24, 2.45) is 0 Å². The maximum atomic E-state index is 13.3. The maximum Gasteiger partial charge on any atom is 0.417 e. The van der Waals surface area contributed by atoms with Crippen molar-refractivity contribution in [3.05, 3.63) is 87.7 Å². The Morgan fingerprint density at radius 3 is 2.13 bits per heavy atom. The van der Waals surface area contributed by atoms with Gasteiger partial charge in [-0.2, -0.15) is 13.2 Å². The monoisotopic (exact) mass is 474 g/mol. The molecule has 0 saturated heterocycles. The normalized spacial score (nSPS) is 12.1. The summed E-state index contributed by atoms with van der Waals surface area (Å²) in [5.74, 6) is 0. The summed E-state index contributed by atoms with van der Waals surface area (Å²) < 4.78 is 66.3. The van der Waals surface area contributed by atoms with Gasteiger partial charge < -0.3 is 0 Å². The number of rotatable bonds is 5. The Balaban J connectivity index is 2.07. The number of aromatic nitrogens is 1. The van der Waals surface area contributed by atoms with Gasteiger partial charge in [0.1, 0.15) is 0 Å². The number of sulfonamides is 1. The molecule has 2 aromatic carbocycles. The van der Waals surface area contributed by atoms with Crippen LogP contribution in [0.15, 0.2) is 65.7 Å². The molecular weight excluding hydrogens is 460 g/mol. The van der Waals surface area contributed by atoms with Crippen molar-refractivity contribution >= 4 is 38.9 Å². The Labute approximate surface area is 181 Å². The van der Waals surface area contributed by atoms with Gasteiger partial charge in [0.25, 0.3) is 10.0 Å². The van der Waals surface area contributed by atoms with E-state index in [0.717, 1.165) is 15.9 Å². The number of anilines is 1. The fourth-order valence-corrected chi connectivity index (χ4v) is 4.41. The summed E-state index contributed by atoms with van der Waals surface area (Å²) in [5, 5.41) is 0.0801. The molecule has 3 aromatic rings. The number of nitrogens with zero attached hydrogens (tertiary/aromatic N) is 2. The third-order valence-corrected chi connectivity index (χ3v) is 6.63. The molecule has 0 amide bonds. The zero-order valence-corrected chi connectivity index (χ0v) is 17.8. The molecule has 1 aromatic heterocycles. The standard InChI is InChI=1S/C20H15Cl2F3N2O2S/c1-13-2-6-16(7-3-13)27(30(28,29)17-8-4-15(21)5-9-17)12-19-18(22)10-14(11-26-19)20(23,24)25/h2-11H,12H2,1H3. The topological polar surface area (TPSA) is 50.3 Å². The highest BCUT2D eigenvalue weighted by Crippen LogP contribution is 2.33. The van der Waals surface area contributed by atoms with Gasteiger partial charge in [-0.25, -0.2) is 8.42 Å². The van der Waals surface area contributed by atoms with Crippen molar-refractivity contribution in [3.63, 3.8) is 0 Å². The number of alkyl halides is 3. The molecule has 0 N–H and O–H groups in total. The van der Waals surface area contributed by atoms with Gasteiger partial charge in [-0.3, -0.25) is 9.29 Å². The lowest BCUT2D eigenvalue weighted by Crippen LogP contribution is -2.31. The van der Waals surface area contributed by atoms with Crippen LogP contribution in [-0.4, -0.2) is 13.4 Å². The molecule has 3 rings (SSSR count). The molecule has 0 aliphatic carbocycles. The first-order chi connectivity index (χ1) is 14.0. The van der Waals surface area contributed by atoms with Crippen LogP contribution in [0.5, 0.6) is 0 Å². The zero-order chi connectivity index (χ0) is 22.1. The summed E-state index contributed by atoms with van der Waals surface area (Å²) >= 11 is 11.9. The number of hydrogen-bond donors (Lipinski definition) is 0. The lowest BCUT2D eigenvalue weighted by Gasteiger charge is -2.25. The molecule has 0 unspecified atom stereocenters. The van der Waals surface area contributed by atoms with Crippen molar-refractivity contribution < 1.29 is 21.6 Å². The Hall–Kier alpha value is -2.29. The number of hydrogen-bond acceptors (Lipinski definition) is 3. The SMILES string of the molecule is Cc1ccc(N(Cc2ncc(C(F)(F)F)cc2Cl)S(=O)(=O)c2ccc(Cl)cc2)cc1. The van der Waals surface area contributed by atoms with E-state index in [0.29, 0.717) is 16.9 Å². The van der Waals surface area contributed by atoms with Crippen LogP contribution in [-0.2, 0) is 22.7 Å². The second kappa shape index (κ2) is 8.45. The summed E-state index contributed by atoms with van der Waals surface area (Å²) in [6, 6.07) is 12.9. The third-order valence-electron chi connectivity index (χ3n) is 4.26. The van der Waals surface area contributed by atoms with E-state index in [1.807, 2.05) is 6.92 Å². The molecule has 0 bridgehead atoms. The molecule has 0 fully saturated rings. The lowest BCUT2D eigenvalue weighted by molar-refractivity contribution is -0.137. The zero-order valence-electron chi connectivity index (χ0n) is 15.5. The van der Waals surface area contributed by atoms with Crippen LogP contribution in [0.25, 0.3) is 0 Å². The van der Waals surface area contributed by atoms with Crippen molar-refractivity contribution in [1.29, 1.82) is 0 Å². The first kappa shape index (κ1) is 22.4. The molecule has 4 nitrogen and oxygen atoms in total. The quantitative estimate of drug-likeness (QED) is 0.448. The van der Waals surface area contributed by atoms with Gasteiger partial charge in [0.2, 0.25) is 0 Å².